The average molecular weight is 613 g/mol. The molecule has 0 saturated carbocycles. The summed E-state index contributed by atoms with van der Waals surface area (Å²) in [4.78, 5) is 30.6. The van der Waals surface area contributed by atoms with E-state index in [1.807, 2.05) is 84.9 Å². The van der Waals surface area contributed by atoms with Crippen LogP contribution in [0.2, 0.25) is 10.0 Å². The Balaban J connectivity index is 1.50. The van der Waals surface area contributed by atoms with Gasteiger partial charge in [-0.15, -0.1) is 0 Å². The number of hydrogen-bond donors (Lipinski definition) is 1. The van der Waals surface area contributed by atoms with E-state index in [-0.39, 0.29) is 36.2 Å². The minimum absolute atomic E-state index is 0.0162. The van der Waals surface area contributed by atoms with Gasteiger partial charge in [-0.2, -0.15) is 0 Å². The van der Waals surface area contributed by atoms with E-state index in [2.05, 4.69) is 4.98 Å². The van der Waals surface area contributed by atoms with Gasteiger partial charge in [-0.3, -0.25) is 9.59 Å². The number of rotatable bonds is 12. The third-order valence-electron chi connectivity index (χ3n) is 7.59. The molecule has 1 N–H and O–H groups in total. The molecule has 43 heavy (non-hydrogen) atoms. The van der Waals surface area contributed by atoms with Crippen molar-refractivity contribution in [3.63, 3.8) is 0 Å². The van der Waals surface area contributed by atoms with Crippen LogP contribution in [0.15, 0.2) is 109 Å². The van der Waals surface area contributed by atoms with E-state index in [0.29, 0.717) is 32.7 Å². The van der Waals surface area contributed by atoms with Crippen LogP contribution >= 0.6 is 23.2 Å². The molecule has 0 aliphatic heterocycles. The molecule has 2 unspecified atom stereocenters. The highest BCUT2D eigenvalue weighted by molar-refractivity contribution is 6.30. The molecular formula is C36H31Cl2NO4. The summed E-state index contributed by atoms with van der Waals surface area (Å²) >= 11 is 12.4. The molecule has 5 aromatic rings. The Hall–Kier alpha value is -4.32. The zero-order valence-corrected chi connectivity index (χ0v) is 25.4. The third-order valence-corrected chi connectivity index (χ3v) is 8.09. The van der Waals surface area contributed by atoms with Gasteiger partial charge in [0.2, 0.25) is 0 Å². The van der Waals surface area contributed by atoms with Crippen LogP contribution in [0.3, 0.4) is 0 Å². The van der Waals surface area contributed by atoms with Gasteiger partial charge in [0.25, 0.3) is 0 Å². The van der Waals surface area contributed by atoms with Crippen LogP contribution in [-0.4, -0.2) is 30.8 Å². The van der Waals surface area contributed by atoms with Gasteiger partial charge in [-0.05, 0) is 71.8 Å². The maximum Gasteiger partial charge on any atom is 0.164 e. The fraction of sp³-hybridized carbons (Fsp3) is 0.167. The molecule has 0 bridgehead atoms. The molecule has 4 aromatic carbocycles. The molecule has 0 aliphatic rings. The Morgan fingerprint density at radius 3 is 1.37 bits per heavy atom. The molecule has 0 radical (unpaired) electrons. The number of carbonyl (C=O) groups is 2. The summed E-state index contributed by atoms with van der Waals surface area (Å²) in [6.45, 7) is 0. The second-order valence-corrected chi connectivity index (χ2v) is 11.2. The quantitative estimate of drug-likeness (QED) is 0.143. The minimum Gasteiger partial charge on any atom is -0.497 e. The number of nitrogens with one attached hydrogen (secondary N) is 1. The molecule has 218 valence electrons. The van der Waals surface area contributed by atoms with Crippen LogP contribution in [0.5, 0.6) is 11.5 Å². The van der Waals surface area contributed by atoms with Crippen molar-refractivity contribution in [1.82, 2.24) is 4.98 Å². The number of H-pyrrole nitrogens is 1. The normalized spacial score (nSPS) is 12.4. The summed E-state index contributed by atoms with van der Waals surface area (Å²) in [5.74, 6) is 0.675. The van der Waals surface area contributed by atoms with E-state index in [1.54, 1.807) is 38.5 Å². The topological polar surface area (TPSA) is 68.4 Å². The number of Topliss-reactive ketones (excluding diaryl/α,β-unsaturated/α-hetero) is 2. The monoisotopic (exact) mass is 611 g/mol. The molecule has 5 rings (SSSR count). The van der Waals surface area contributed by atoms with Crippen LogP contribution in [0.1, 0.15) is 67.9 Å². The number of benzene rings is 4. The Kier molecular flexibility index (Phi) is 9.65. The second kappa shape index (κ2) is 13.8. The van der Waals surface area contributed by atoms with Gasteiger partial charge in [-0.25, -0.2) is 0 Å². The van der Waals surface area contributed by atoms with Crippen LogP contribution < -0.4 is 9.47 Å². The zero-order valence-electron chi connectivity index (χ0n) is 23.9. The van der Waals surface area contributed by atoms with Crippen molar-refractivity contribution in [3.8, 4) is 11.5 Å². The maximum absolute atomic E-state index is 13.5. The molecule has 0 spiro atoms. The first kappa shape index (κ1) is 30.1. The van der Waals surface area contributed by atoms with Gasteiger partial charge in [0.05, 0.1) is 14.2 Å². The lowest BCUT2D eigenvalue weighted by molar-refractivity contribution is 0.0970. The Morgan fingerprint density at radius 1 is 0.605 bits per heavy atom. The second-order valence-electron chi connectivity index (χ2n) is 10.3. The Morgan fingerprint density at radius 2 is 1.00 bits per heavy atom. The highest BCUT2D eigenvalue weighted by atomic mass is 35.5. The van der Waals surface area contributed by atoms with Crippen molar-refractivity contribution in [2.45, 2.75) is 24.7 Å². The molecule has 0 aliphatic carbocycles. The molecule has 5 nitrogen and oxygen atoms in total. The van der Waals surface area contributed by atoms with Crippen LogP contribution in [-0.2, 0) is 0 Å². The van der Waals surface area contributed by atoms with Crippen molar-refractivity contribution in [2.75, 3.05) is 14.2 Å². The third kappa shape index (κ3) is 7.37. The number of methoxy groups -OCH3 is 2. The smallest absolute Gasteiger partial charge is 0.164 e. The number of aromatic amines is 1. The maximum atomic E-state index is 13.5. The fourth-order valence-electron chi connectivity index (χ4n) is 5.24. The minimum atomic E-state index is -0.273. The fourth-order valence-corrected chi connectivity index (χ4v) is 5.49. The van der Waals surface area contributed by atoms with E-state index in [1.165, 1.54) is 0 Å². The summed E-state index contributed by atoms with van der Waals surface area (Å²) in [5, 5.41) is 1.24. The van der Waals surface area contributed by atoms with E-state index < -0.39 is 0 Å². The molecule has 0 fully saturated rings. The van der Waals surface area contributed by atoms with Gasteiger partial charge >= 0.3 is 0 Å². The lowest BCUT2D eigenvalue weighted by atomic mass is 9.89. The number of aromatic nitrogens is 1. The summed E-state index contributed by atoms with van der Waals surface area (Å²) in [7, 11) is 3.16. The summed E-state index contributed by atoms with van der Waals surface area (Å²) in [6, 6.07) is 33.4. The number of halogens is 2. The standard InChI is InChI=1S/C36H31Cl2NO4/c1-42-29-7-3-5-25(19-29)35(40)21-31(23-9-13-27(37)14-10-23)33-17-18-34(39-33)32(24-11-15-28(38)16-12-24)22-36(41)26-6-4-8-30(20-26)43-2/h3-20,31-32,39H,21-22H2,1-2H3. The van der Waals surface area contributed by atoms with Crippen LogP contribution in [0.25, 0.3) is 0 Å². The number of ether oxygens (including phenoxy) is 2. The zero-order chi connectivity index (χ0) is 30.3. The van der Waals surface area contributed by atoms with Crippen molar-refractivity contribution >= 4 is 34.8 Å². The van der Waals surface area contributed by atoms with Crippen molar-refractivity contribution in [3.05, 3.63) is 153 Å². The lowest BCUT2D eigenvalue weighted by Crippen LogP contribution is -2.12. The number of carbonyl (C=O) groups excluding carboxylic acids is 2. The first-order valence-corrected chi connectivity index (χ1v) is 14.6. The molecule has 0 saturated heterocycles. The first-order chi connectivity index (χ1) is 20.8. The summed E-state index contributed by atoms with van der Waals surface area (Å²) in [5.41, 5.74) is 4.78. The van der Waals surface area contributed by atoms with E-state index in [0.717, 1.165) is 22.5 Å². The SMILES string of the molecule is COc1cccc(C(=O)CC(c2ccc(Cl)cc2)c2ccc(C(CC(=O)c3cccc(OC)c3)c3ccc(Cl)cc3)[nH]2)c1. The highest BCUT2D eigenvalue weighted by Gasteiger charge is 2.25. The lowest BCUT2D eigenvalue weighted by Gasteiger charge is -2.19. The molecule has 0 amide bonds. The van der Waals surface area contributed by atoms with Gasteiger partial charge in [0.1, 0.15) is 11.5 Å². The molecule has 1 aromatic heterocycles. The largest absolute Gasteiger partial charge is 0.497 e. The van der Waals surface area contributed by atoms with Crippen LogP contribution in [0.4, 0.5) is 0 Å². The predicted octanol–water partition coefficient (Wildman–Crippen LogP) is 9.15. The predicted molar refractivity (Wildman–Crippen MR) is 171 cm³/mol. The molecule has 7 heteroatoms. The van der Waals surface area contributed by atoms with Crippen molar-refractivity contribution in [2.24, 2.45) is 0 Å². The number of ketones is 2. The van der Waals surface area contributed by atoms with E-state index in [9.17, 15) is 9.59 Å². The van der Waals surface area contributed by atoms with Gasteiger partial charge in [0, 0.05) is 57.2 Å². The first-order valence-electron chi connectivity index (χ1n) is 13.9. The van der Waals surface area contributed by atoms with Crippen molar-refractivity contribution < 1.29 is 19.1 Å². The van der Waals surface area contributed by atoms with E-state index in [4.69, 9.17) is 32.7 Å². The molecular weight excluding hydrogens is 581 g/mol. The van der Waals surface area contributed by atoms with Gasteiger partial charge < -0.3 is 14.5 Å². The van der Waals surface area contributed by atoms with Gasteiger partial charge in [0.15, 0.2) is 11.6 Å². The van der Waals surface area contributed by atoms with Gasteiger partial charge in [-0.1, -0.05) is 71.7 Å². The summed E-state index contributed by atoms with van der Waals surface area (Å²) in [6.07, 6.45) is 0.451. The molecule has 1 heterocycles. The highest BCUT2D eigenvalue weighted by Crippen LogP contribution is 2.35. The Bertz CT molecular complexity index is 1580. The van der Waals surface area contributed by atoms with E-state index >= 15 is 0 Å². The molecule has 2 atom stereocenters. The van der Waals surface area contributed by atoms with Crippen LogP contribution in [0, 0.1) is 0 Å². The number of hydrogen-bond acceptors (Lipinski definition) is 4. The average Bonchev–Trinajstić information content (AvgIpc) is 3.53. The Labute approximate surface area is 261 Å². The van der Waals surface area contributed by atoms with Crippen molar-refractivity contribution in [1.29, 1.82) is 0 Å². The summed E-state index contributed by atoms with van der Waals surface area (Å²) < 4.78 is 10.7.